The van der Waals surface area contributed by atoms with Crippen molar-refractivity contribution in [3.63, 3.8) is 0 Å². The van der Waals surface area contributed by atoms with Gasteiger partial charge in [-0.3, -0.25) is 24.5 Å². The molecular weight excluding hydrogens is 350 g/mol. The van der Waals surface area contributed by atoms with E-state index in [0.29, 0.717) is 38.3 Å². The van der Waals surface area contributed by atoms with Crippen molar-refractivity contribution in [2.75, 3.05) is 29.4 Å². The fourth-order valence-corrected chi connectivity index (χ4v) is 3.89. The predicted molar refractivity (Wildman–Crippen MR) is 98.8 cm³/mol. The molecule has 9 heteroatoms. The van der Waals surface area contributed by atoms with Gasteiger partial charge >= 0.3 is 12.0 Å². The van der Waals surface area contributed by atoms with Crippen LogP contribution >= 0.6 is 0 Å². The maximum Gasteiger partial charge on any atom is 0.329 e. The zero-order chi connectivity index (χ0) is 19.1. The normalized spacial score (nSPS) is 18.9. The molecule has 2 aliphatic rings. The van der Waals surface area contributed by atoms with Crippen molar-refractivity contribution >= 4 is 40.3 Å². The van der Waals surface area contributed by atoms with Crippen molar-refractivity contribution in [1.82, 2.24) is 15.1 Å². The van der Waals surface area contributed by atoms with Crippen molar-refractivity contribution in [2.45, 2.75) is 19.3 Å². The number of carbonyl (C=O) groups excluding carboxylic acids is 2. The van der Waals surface area contributed by atoms with Gasteiger partial charge in [-0.05, 0) is 25.0 Å². The van der Waals surface area contributed by atoms with Crippen molar-refractivity contribution in [3.8, 4) is 0 Å². The van der Waals surface area contributed by atoms with Gasteiger partial charge in [0.15, 0.2) is 5.82 Å². The number of hydrogen-bond donors (Lipinski definition) is 2. The van der Waals surface area contributed by atoms with Gasteiger partial charge in [-0.1, -0.05) is 6.07 Å². The number of aliphatic carboxylic acids is 1. The third-order valence-electron chi connectivity index (χ3n) is 5.32. The molecule has 0 unspecified atom stereocenters. The predicted octanol–water partition coefficient (Wildman–Crippen LogP) is 1.32. The third kappa shape index (κ3) is 2.98. The Kier molecular flexibility index (Phi) is 4.21. The van der Waals surface area contributed by atoms with Crippen LogP contribution in [0.15, 0.2) is 18.2 Å². The molecule has 3 heterocycles. The van der Waals surface area contributed by atoms with Gasteiger partial charge in [-0.2, -0.15) is 5.10 Å². The number of rotatable bonds is 3. The number of para-hydroxylation sites is 1. The van der Waals surface area contributed by atoms with Crippen molar-refractivity contribution in [3.05, 3.63) is 18.2 Å². The molecule has 1 aromatic heterocycles. The number of benzene rings is 1. The molecule has 2 aromatic rings. The van der Waals surface area contributed by atoms with Crippen molar-refractivity contribution in [1.29, 1.82) is 0 Å². The number of carboxylic acids is 1. The molecule has 3 amide bonds. The Morgan fingerprint density at radius 2 is 1.96 bits per heavy atom. The lowest BCUT2D eigenvalue weighted by Gasteiger charge is -2.32. The highest BCUT2D eigenvalue weighted by Crippen LogP contribution is 2.35. The van der Waals surface area contributed by atoms with E-state index in [1.54, 1.807) is 4.68 Å². The number of aryl methyl sites for hydroxylation is 1. The van der Waals surface area contributed by atoms with Gasteiger partial charge in [0.1, 0.15) is 0 Å². The van der Waals surface area contributed by atoms with Crippen LogP contribution in [-0.4, -0.2) is 52.4 Å². The maximum atomic E-state index is 12.2. The Bertz CT molecular complexity index is 929. The summed E-state index contributed by atoms with van der Waals surface area (Å²) in [5.41, 5.74) is 1.87. The zero-order valence-corrected chi connectivity index (χ0v) is 15.0. The lowest BCUT2D eigenvalue weighted by molar-refractivity contribution is -0.142. The van der Waals surface area contributed by atoms with E-state index in [4.69, 9.17) is 0 Å². The molecule has 2 N–H and O–H groups in total. The van der Waals surface area contributed by atoms with E-state index < -0.39 is 12.0 Å². The highest BCUT2D eigenvalue weighted by atomic mass is 16.4. The third-order valence-corrected chi connectivity index (χ3v) is 5.32. The second-order valence-electron chi connectivity index (χ2n) is 6.98. The number of anilines is 2. The number of aromatic nitrogens is 2. The van der Waals surface area contributed by atoms with Gasteiger partial charge in [0.05, 0.1) is 17.1 Å². The number of imide groups is 1. The summed E-state index contributed by atoms with van der Waals surface area (Å²) in [4.78, 5) is 38.5. The molecule has 0 saturated carbocycles. The Hall–Kier alpha value is -3.10. The van der Waals surface area contributed by atoms with Crippen LogP contribution in [0, 0.1) is 5.92 Å². The van der Waals surface area contributed by atoms with E-state index >= 15 is 0 Å². The van der Waals surface area contributed by atoms with Crippen LogP contribution in [0.5, 0.6) is 0 Å². The summed E-state index contributed by atoms with van der Waals surface area (Å²) in [5.74, 6) is -0.781. The summed E-state index contributed by atoms with van der Waals surface area (Å²) in [7, 11) is 1.83. The van der Waals surface area contributed by atoms with E-state index in [1.807, 2.05) is 25.2 Å². The number of fused-ring (bicyclic) bond motifs is 1. The fourth-order valence-electron chi connectivity index (χ4n) is 3.89. The van der Waals surface area contributed by atoms with Crippen LogP contribution < -0.4 is 15.1 Å². The number of nitrogens with zero attached hydrogens (tertiary/aromatic N) is 4. The Morgan fingerprint density at radius 1 is 1.22 bits per heavy atom. The lowest BCUT2D eigenvalue weighted by atomic mass is 9.96. The van der Waals surface area contributed by atoms with Crippen LogP contribution in [0.3, 0.4) is 0 Å². The van der Waals surface area contributed by atoms with Crippen LogP contribution in [0.1, 0.15) is 19.3 Å². The van der Waals surface area contributed by atoms with Gasteiger partial charge in [0.2, 0.25) is 5.91 Å². The minimum atomic E-state index is -0.735. The second kappa shape index (κ2) is 6.57. The van der Waals surface area contributed by atoms with Gasteiger partial charge in [0.25, 0.3) is 0 Å². The summed E-state index contributed by atoms with van der Waals surface area (Å²) in [6.07, 6.45) is 1.45. The number of piperidine rings is 1. The molecule has 0 bridgehead atoms. The first-order chi connectivity index (χ1) is 13.0. The summed E-state index contributed by atoms with van der Waals surface area (Å²) in [6, 6.07) is 5.36. The molecule has 0 atom stereocenters. The smallest absolute Gasteiger partial charge is 0.329 e. The molecule has 0 aliphatic carbocycles. The van der Waals surface area contributed by atoms with Gasteiger partial charge < -0.3 is 10.0 Å². The first-order valence-electron chi connectivity index (χ1n) is 9.00. The Balaban J connectivity index is 1.69. The molecule has 2 aliphatic heterocycles. The molecule has 2 fully saturated rings. The monoisotopic (exact) mass is 371 g/mol. The van der Waals surface area contributed by atoms with Gasteiger partial charge in [-0.15, -0.1) is 0 Å². The molecule has 4 rings (SSSR count). The molecule has 0 spiro atoms. The van der Waals surface area contributed by atoms with E-state index in [-0.39, 0.29) is 18.2 Å². The molecule has 0 radical (unpaired) electrons. The number of amides is 3. The molecule has 1 aromatic carbocycles. The minimum Gasteiger partial charge on any atom is -0.481 e. The summed E-state index contributed by atoms with van der Waals surface area (Å²) < 4.78 is 1.74. The van der Waals surface area contributed by atoms with Crippen LogP contribution in [0.2, 0.25) is 0 Å². The lowest BCUT2D eigenvalue weighted by Crippen LogP contribution is -2.49. The van der Waals surface area contributed by atoms with E-state index in [1.165, 1.54) is 4.90 Å². The Labute approximate surface area is 155 Å². The van der Waals surface area contributed by atoms with E-state index in [2.05, 4.69) is 15.3 Å². The maximum absolute atomic E-state index is 12.2. The topological polar surface area (TPSA) is 108 Å². The van der Waals surface area contributed by atoms with Crippen LogP contribution in [0.4, 0.5) is 16.3 Å². The second-order valence-corrected chi connectivity index (χ2v) is 6.98. The number of carboxylic acid groups (broad SMARTS) is 1. The highest BCUT2D eigenvalue weighted by Gasteiger charge is 2.30. The van der Waals surface area contributed by atoms with Gasteiger partial charge in [-0.25, -0.2) is 4.79 Å². The highest BCUT2D eigenvalue weighted by molar-refractivity contribution is 6.10. The zero-order valence-electron chi connectivity index (χ0n) is 15.0. The average molecular weight is 371 g/mol. The Morgan fingerprint density at radius 3 is 2.63 bits per heavy atom. The van der Waals surface area contributed by atoms with Crippen molar-refractivity contribution < 1.29 is 19.5 Å². The molecule has 27 heavy (non-hydrogen) atoms. The SMILES string of the molecule is Cn1nc(N2CCC(=O)NC2=O)c2cccc(N3CCC(C(=O)O)CC3)c21. The minimum absolute atomic E-state index is 0.242. The first-order valence-corrected chi connectivity index (χ1v) is 9.00. The molecule has 2 saturated heterocycles. The summed E-state index contributed by atoms with van der Waals surface area (Å²) in [5, 5.41) is 16.9. The number of nitrogens with one attached hydrogen (secondary N) is 1. The van der Waals surface area contributed by atoms with Crippen LogP contribution in [-0.2, 0) is 16.6 Å². The van der Waals surface area contributed by atoms with Gasteiger partial charge in [0, 0.05) is 38.5 Å². The van der Waals surface area contributed by atoms with E-state index in [9.17, 15) is 19.5 Å². The standard InChI is InChI=1S/C18H21N5O4/c1-21-15-12(16(20-21)23-10-7-14(24)19-18(23)27)3-2-4-13(15)22-8-5-11(6-9-22)17(25)26/h2-4,11H,5-10H2,1H3,(H,25,26)(H,19,24,27). The number of carbonyl (C=O) groups is 3. The van der Waals surface area contributed by atoms with Crippen LogP contribution in [0.25, 0.3) is 10.9 Å². The first kappa shape index (κ1) is 17.3. The quantitative estimate of drug-likeness (QED) is 0.843. The summed E-state index contributed by atoms with van der Waals surface area (Å²) >= 11 is 0. The largest absolute Gasteiger partial charge is 0.481 e. The molecular formula is C18H21N5O4. The van der Waals surface area contributed by atoms with Crippen molar-refractivity contribution in [2.24, 2.45) is 13.0 Å². The van der Waals surface area contributed by atoms with E-state index in [0.717, 1.165) is 16.6 Å². The molecule has 9 nitrogen and oxygen atoms in total. The summed E-state index contributed by atoms with van der Waals surface area (Å²) in [6.45, 7) is 1.62. The fraction of sp³-hybridized carbons (Fsp3) is 0.444. The number of urea groups is 1. The molecule has 142 valence electrons. The average Bonchev–Trinajstić information content (AvgIpc) is 2.99. The number of hydrogen-bond acceptors (Lipinski definition) is 5.